The number of carbonyl (C=O) groups is 1. The quantitative estimate of drug-likeness (QED) is 0.619. The number of methoxy groups -OCH3 is 1. The Morgan fingerprint density at radius 1 is 0.967 bits per heavy atom. The van der Waals surface area contributed by atoms with Crippen LogP contribution in [-0.4, -0.2) is 18.2 Å². The first-order valence-corrected chi connectivity index (χ1v) is 10.3. The molecule has 3 heteroatoms. The fourth-order valence-corrected chi connectivity index (χ4v) is 4.23. The van der Waals surface area contributed by atoms with E-state index >= 15 is 0 Å². The van der Waals surface area contributed by atoms with E-state index in [0.717, 1.165) is 30.4 Å². The Balaban J connectivity index is 0.000000200. The number of esters is 1. The second-order valence-corrected chi connectivity index (χ2v) is 7.81. The lowest BCUT2D eigenvalue weighted by Crippen LogP contribution is -2.10. The lowest BCUT2D eigenvalue weighted by Gasteiger charge is -2.15. The number of aliphatic hydroxyl groups excluding tert-OH is 1. The number of aliphatic hydroxyl groups is 1. The maximum atomic E-state index is 11.4. The first kappa shape index (κ1) is 20.1. The van der Waals surface area contributed by atoms with E-state index in [4.69, 9.17) is 0 Å². The molecule has 2 atom stereocenters. The number of allylic oxidation sites excluding steroid dienone is 1. The van der Waals surface area contributed by atoms with Crippen molar-refractivity contribution >= 4 is 12.0 Å². The Kier molecular flexibility index (Phi) is 6.10. The van der Waals surface area contributed by atoms with E-state index in [-0.39, 0.29) is 11.9 Å². The highest BCUT2D eigenvalue weighted by atomic mass is 16.5. The predicted molar refractivity (Wildman–Crippen MR) is 119 cm³/mol. The van der Waals surface area contributed by atoms with E-state index in [2.05, 4.69) is 47.2 Å². The molecular formula is C27H26O3. The third-order valence-corrected chi connectivity index (χ3v) is 5.87. The average molecular weight is 399 g/mol. The van der Waals surface area contributed by atoms with E-state index in [1.54, 1.807) is 12.1 Å². The molecule has 0 fully saturated rings. The molecule has 2 aliphatic carbocycles. The van der Waals surface area contributed by atoms with E-state index in [9.17, 15) is 9.90 Å². The van der Waals surface area contributed by atoms with Crippen LogP contribution in [0.25, 0.3) is 6.08 Å². The molecule has 3 aromatic rings. The summed E-state index contributed by atoms with van der Waals surface area (Å²) >= 11 is 0. The van der Waals surface area contributed by atoms with Crippen LogP contribution in [0.15, 0.2) is 78.9 Å². The second kappa shape index (κ2) is 9.10. The molecule has 0 radical (unpaired) electrons. The smallest absolute Gasteiger partial charge is 0.337 e. The van der Waals surface area contributed by atoms with Gasteiger partial charge in [0.1, 0.15) is 0 Å². The Bertz CT molecular complexity index is 1050. The SMILES string of the molecule is C1=Cc2ccccc2C1.COC(=O)c1ccc(CC2Cc3ccccc3C2O)cc1. The van der Waals surface area contributed by atoms with E-state index in [1.165, 1.54) is 23.8 Å². The fourth-order valence-electron chi connectivity index (χ4n) is 4.23. The molecule has 0 spiro atoms. The van der Waals surface area contributed by atoms with Gasteiger partial charge in [-0.2, -0.15) is 0 Å². The summed E-state index contributed by atoms with van der Waals surface area (Å²) in [5.41, 5.74) is 6.81. The lowest BCUT2D eigenvalue weighted by atomic mass is 9.94. The van der Waals surface area contributed by atoms with E-state index in [1.807, 2.05) is 30.3 Å². The van der Waals surface area contributed by atoms with Crippen LogP contribution in [0.5, 0.6) is 0 Å². The van der Waals surface area contributed by atoms with Crippen LogP contribution in [0.4, 0.5) is 0 Å². The van der Waals surface area contributed by atoms with Gasteiger partial charge in [0.2, 0.25) is 0 Å². The second-order valence-electron chi connectivity index (χ2n) is 7.81. The highest BCUT2D eigenvalue weighted by molar-refractivity contribution is 5.89. The Morgan fingerprint density at radius 3 is 2.37 bits per heavy atom. The van der Waals surface area contributed by atoms with Crippen molar-refractivity contribution < 1.29 is 14.6 Å². The molecule has 0 bridgehead atoms. The van der Waals surface area contributed by atoms with Gasteiger partial charge in [-0.3, -0.25) is 0 Å². The topological polar surface area (TPSA) is 46.5 Å². The molecule has 0 saturated carbocycles. The Labute approximate surface area is 177 Å². The molecular weight excluding hydrogens is 372 g/mol. The van der Waals surface area contributed by atoms with Crippen LogP contribution < -0.4 is 0 Å². The number of hydrogen-bond acceptors (Lipinski definition) is 3. The molecule has 0 aliphatic heterocycles. The van der Waals surface area contributed by atoms with Gasteiger partial charge in [-0.1, -0.05) is 72.8 Å². The van der Waals surface area contributed by atoms with Crippen molar-refractivity contribution in [2.45, 2.75) is 25.4 Å². The Morgan fingerprint density at radius 2 is 1.67 bits per heavy atom. The van der Waals surface area contributed by atoms with Gasteiger partial charge in [-0.25, -0.2) is 4.79 Å². The molecule has 1 N–H and O–H groups in total. The van der Waals surface area contributed by atoms with Gasteiger partial charge < -0.3 is 9.84 Å². The number of carbonyl (C=O) groups excluding carboxylic acids is 1. The van der Waals surface area contributed by atoms with Crippen molar-refractivity contribution in [1.29, 1.82) is 0 Å². The molecule has 5 rings (SSSR count). The molecule has 0 saturated heterocycles. The Hall–Kier alpha value is -3.17. The summed E-state index contributed by atoms with van der Waals surface area (Å²) in [6, 6.07) is 24.0. The highest BCUT2D eigenvalue weighted by Crippen LogP contribution is 2.37. The minimum atomic E-state index is -0.401. The monoisotopic (exact) mass is 398 g/mol. The highest BCUT2D eigenvalue weighted by Gasteiger charge is 2.30. The molecule has 2 unspecified atom stereocenters. The number of ether oxygens (including phenoxy) is 1. The molecule has 0 amide bonds. The zero-order chi connectivity index (χ0) is 20.9. The van der Waals surface area contributed by atoms with Crippen LogP contribution in [-0.2, 0) is 24.0 Å². The third-order valence-electron chi connectivity index (χ3n) is 5.87. The van der Waals surface area contributed by atoms with Crippen molar-refractivity contribution in [3.63, 3.8) is 0 Å². The van der Waals surface area contributed by atoms with Crippen LogP contribution in [0, 0.1) is 5.92 Å². The summed E-state index contributed by atoms with van der Waals surface area (Å²) in [7, 11) is 1.38. The molecule has 2 aliphatic rings. The minimum Gasteiger partial charge on any atom is -0.465 e. The maximum absolute atomic E-state index is 11.4. The first-order chi connectivity index (χ1) is 14.7. The zero-order valence-electron chi connectivity index (χ0n) is 17.1. The largest absolute Gasteiger partial charge is 0.465 e. The number of rotatable bonds is 3. The molecule has 30 heavy (non-hydrogen) atoms. The summed E-state index contributed by atoms with van der Waals surface area (Å²) in [5.74, 6) is -0.124. The van der Waals surface area contributed by atoms with Gasteiger partial charge in [0, 0.05) is 0 Å². The van der Waals surface area contributed by atoms with Gasteiger partial charge in [0.15, 0.2) is 0 Å². The molecule has 3 aromatic carbocycles. The molecule has 0 heterocycles. The van der Waals surface area contributed by atoms with E-state index < -0.39 is 6.10 Å². The zero-order valence-corrected chi connectivity index (χ0v) is 17.1. The fraction of sp³-hybridized carbons (Fsp3) is 0.222. The van der Waals surface area contributed by atoms with Gasteiger partial charge in [0.25, 0.3) is 0 Å². The average Bonchev–Trinajstić information content (AvgIpc) is 3.39. The molecule has 0 aromatic heterocycles. The minimum absolute atomic E-state index is 0.200. The van der Waals surface area contributed by atoms with E-state index in [0.29, 0.717) is 5.56 Å². The summed E-state index contributed by atoms with van der Waals surface area (Å²) in [6.45, 7) is 0. The maximum Gasteiger partial charge on any atom is 0.337 e. The summed E-state index contributed by atoms with van der Waals surface area (Å²) in [6.07, 6.45) is 6.80. The number of benzene rings is 3. The van der Waals surface area contributed by atoms with Crippen molar-refractivity contribution in [1.82, 2.24) is 0 Å². The van der Waals surface area contributed by atoms with Crippen LogP contribution >= 0.6 is 0 Å². The molecule has 3 nitrogen and oxygen atoms in total. The van der Waals surface area contributed by atoms with Gasteiger partial charge in [-0.05, 0) is 65.1 Å². The third kappa shape index (κ3) is 4.37. The van der Waals surface area contributed by atoms with Gasteiger partial charge in [0.05, 0.1) is 18.8 Å². The lowest BCUT2D eigenvalue weighted by molar-refractivity contribution is 0.0600. The normalized spacial score (nSPS) is 18.2. The van der Waals surface area contributed by atoms with Gasteiger partial charge in [-0.15, -0.1) is 0 Å². The standard InChI is InChI=1S/C18H18O3.C9H8/c1-21-18(20)13-8-6-12(7-9-13)10-15-11-14-4-2-3-5-16(14)17(15)19;1-2-5-9-7-3-6-8(9)4-1/h2-9,15,17,19H,10-11H2,1H3;1-6H,7H2. The summed E-state index contributed by atoms with van der Waals surface area (Å²) in [4.78, 5) is 11.4. The summed E-state index contributed by atoms with van der Waals surface area (Å²) in [5, 5.41) is 10.4. The summed E-state index contributed by atoms with van der Waals surface area (Å²) < 4.78 is 4.69. The number of fused-ring (bicyclic) bond motifs is 2. The number of hydrogen-bond donors (Lipinski definition) is 1. The van der Waals surface area contributed by atoms with Crippen LogP contribution in [0.3, 0.4) is 0 Å². The van der Waals surface area contributed by atoms with Crippen LogP contribution in [0.1, 0.15) is 44.3 Å². The van der Waals surface area contributed by atoms with Crippen LogP contribution in [0.2, 0.25) is 0 Å². The predicted octanol–water partition coefficient (Wildman–Crippen LogP) is 5.18. The first-order valence-electron chi connectivity index (χ1n) is 10.3. The van der Waals surface area contributed by atoms with Crippen molar-refractivity contribution in [2.24, 2.45) is 5.92 Å². The molecule has 152 valence electrons. The van der Waals surface area contributed by atoms with Gasteiger partial charge >= 0.3 is 5.97 Å². The van der Waals surface area contributed by atoms with Crippen molar-refractivity contribution in [3.05, 3.63) is 112 Å². The van der Waals surface area contributed by atoms with Crippen molar-refractivity contribution in [3.8, 4) is 0 Å². The van der Waals surface area contributed by atoms with Crippen molar-refractivity contribution in [2.75, 3.05) is 7.11 Å².